The molecule has 0 aliphatic carbocycles. The van der Waals surface area contributed by atoms with Crippen molar-refractivity contribution >= 4 is 38.9 Å². The predicted octanol–water partition coefficient (Wildman–Crippen LogP) is 3.10. The Bertz CT molecular complexity index is 1170. The summed E-state index contributed by atoms with van der Waals surface area (Å²) in [6.07, 6.45) is 1.60. The van der Waals surface area contributed by atoms with Crippen molar-refractivity contribution in [3.63, 3.8) is 0 Å². The second-order valence-corrected chi connectivity index (χ2v) is 8.51. The van der Waals surface area contributed by atoms with E-state index in [1.807, 2.05) is 0 Å². The molecule has 164 valence electrons. The maximum absolute atomic E-state index is 12.6. The maximum atomic E-state index is 12.6. The van der Waals surface area contributed by atoms with Crippen LogP contribution in [0.5, 0.6) is 5.75 Å². The molecule has 1 atom stereocenters. The quantitative estimate of drug-likeness (QED) is 0.472. The fourth-order valence-electron chi connectivity index (χ4n) is 3.20. The fourth-order valence-corrected chi connectivity index (χ4v) is 4.12. The van der Waals surface area contributed by atoms with Crippen molar-refractivity contribution in [2.75, 3.05) is 30.9 Å². The van der Waals surface area contributed by atoms with Gasteiger partial charge < -0.3 is 24.0 Å². The summed E-state index contributed by atoms with van der Waals surface area (Å²) in [6.45, 7) is 1.47. The van der Waals surface area contributed by atoms with Gasteiger partial charge in [-0.25, -0.2) is 9.78 Å². The van der Waals surface area contributed by atoms with Gasteiger partial charge in [0.1, 0.15) is 10.6 Å². The number of aromatic nitrogens is 2. The van der Waals surface area contributed by atoms with Gasteiger partial charge in [0.25, 0.3) is 0 Å². The van der Waals surface area contributed by atoms with Gasteiger partial charge in [-0.3, -0.25) is 5.32 Å². The van der Waals surface area contributed by atoms with E-state index >= 15 is 0 Å². The van der Waals surface area contributed by atoms with Crippen LogP contribution in [0.2, 0.25) is 0 Å². The van der Waals surface area contributed by atoms with Crippen LogP contribution in [0, 0.1) is 0 Å². The molecule has 2 aromatic carbocycles. The Balaban J connectivity index is 1.43. The van der Waals surface area contributed by atoms with E-state index in [2.05, 4.69) is 25.3 Å². The number of carbonyl (C=O) groups is 1. The molecule has 31 heavy (non-hydrogen) atoms. The van der Waals surface area contributed by atoms with E-state index in [9.17, 15) is 13.2 Å². The minimum atomic E-state index is -4.02. The van der Waals surface area contributed by atoms with Crippen molar-refractivity contribution in [1.82, 2.24) is 9.97 Å². The Kier molecular flexibility index (Phi) is 5.96. The average Bonchev–Trinajstić information content (AvgIpc) is 3.41. The number of carbonyl (C=O) groups excluding carboxylic acids is 1. The second-order valence-electron chi connectivity index (χ2n) is 6.96. The van der Waals surface area contributed by atoms with Crippen LogP contribution in [-0.4, -0.2) is 50.8 Å². The van der Waals surface area contributed by atoms with Gasteiger partial charge in [0, 0.05) is 24.9 Å². The normalized spacial score (nSPS) is 16.2. The highest BCUT2D eigenvalue weighted by molar-refractivity contribution is 7.87. The molecule has 1 aliphatic heterocycles. The number of hydrogen-bond donors (Lipinski definition) is 3. The van der Waals surface area contributed by atoms with E-state index in [1.54, 1.807) is 18.2 Å². The molecule has 3 aromatic rings. The lowest BCUT2D eigenvalue weighted by Gasteiger charge is -2.12. The third kappa shape index (κ3) is 5.06. The number of imidazole rings is 1. The average molecular weight is 446 g/mol. The zero-order valence-corrected chi connectivity index (χ0v) is 17.6. The number of H-pyrrole nitrogens is 1. The molecule has 3 N–H and O–H groups in total. The number of aromatic amines is 1. The minimum Gasteiger partial charge on any atom is -0.453 e. The molecule has 1 aliphatic rings. The maximum Gasteiger partial charge on any atom is 0.413 e. The van der Waals surface area contributed by atoms with Crippen LogP contribution in [-0.2, 0) is 19.6 Å². The smallest absolute Gasteiger partial charge is 0.413 e. The lowest BCUT2D eigenvalue weighted by molar-refractivity contribution is 0.120. The summed E-state index contributed by atoms with van der Waals surface area (Å²) in [5.74, 6) is 0.286. The molecule has 1 saturated heterocycles. The van der Waals surface area contributed by atoms with E-state index in [0.29, 0.717) is 17.6 Å². The third-order valence-electron chi connectivity index (χ3n) is 4.77. The fraction of sp³-hybridized carbons (Fsp3) is 0.300. The molecular weight excluding hydrogens is 424 g/mol. The summed E-state index contributed by atoms with van der Waals surface area (Å²) < 4.78 is 40.6. The number of rotatable bonds is 7. The Labute approximate surface area is 179 Å². The van der Waals surface area contributed by atoms with Gasteiger partial charge in [0.05, 0.1) is 24.2 Å². The van der Waals surface area contributed by atoms with E-state index in [4.69, 9.17) is 8.92 Å². The van der Waals surface area contributed by atoms with Crippen LogP contribution < -0.4 is 14.8 Å². The standard InChI is InChI=1S/C20H22N4O6S/c1-28-20(25)24-19-22-17-9-6-14(11-18(17)23-19)30-31(26,27)16-7-4-13(5-8-16)21-12-15-3-2-10-29-15/h4-9,11,15,21H,2-3,10,12H2,1H3,(H2,22,23,24,25). The number of anilines is 2. The van der Waals surface area contributed by atoms with Crippen molar-refractivity contribution in [3.8, 4) is 5.75 Å². The molecule has 1 fully saturated rings. The molecule has 0 saturated carbocycles. The van der Waals surface area contributed by atoms with E-state index < -0.39 is 16.2 Å². The Morgan fingerprint density at radius 2 is 2.06 bits per heavy atom. The van der Waals surface area contributed by atoms with Gasteiger partial charge in [-0.2, -0.15) is 8.42 Å². The number of hydrogen-bond acceptors (Lipinski definition) is 8. The van der Waals surface area contributed by atoms with Crippen molar-refractivity contribution < 1.29 is 26.9 Å². The Morgan fingerprint density at radius 3 is 2.77 bits per heavy atom. The molecule has 11 heteroatoms. The van der Waals surface area contributed by atoms with Crippen LogP contribution in [0.3, 0.4) is 0 Å². The second kappa shape index (κ2) is 8.82. The van der Waals surface area contributed by atoms with Gasteiger partial charge in [-0.05, 0) is 49.2 Å². The molecule has 1 amide bonds. The van der Waals surface area contributed by atoms with Crippen molar-refractivity contribution in [2.24, 2.45) is 0 Å². The lowest BCUT2D eigenvalue weighted by atomic mass is 10.2. The SMILES string of the molecule is COC(=O)Nc1nc2ccc(OS(=O)(=O)c3ccc(NCC4CCCO4)cc3)cc2[nH]1. The summed E-state index contributed by atoms with van der Waals surface area (Å²) in [7, 11) is -2.78. The summed E-state index contributed by atoms with van der Waals surface area (Å²) in [5.41, 5.74) is 1.82. The molecule has 10 nitrogen and oxygen atoms in total. The van der Waals surface area contributed by atoms with E-state index in [0.717, 1.165) is 25.1 Å². The van der Waals surface area contributed by atoms with E-state index in [-0.39, 0.29) is 22.7 Å². The topological polar surface area (TPSA) is 132 Å². The number of fused-ring (bicyclic) bond motifs is 1. The molecular formula is C20H22N4O6S. The highest BCUT2D eigenvalue weighted by atomic mass is 32.2. The number of benzene rings is 2. The van der Waals surface area contributed by atoms with Gasteiger partial charge in [0.15, 0.2) is 0 Å². The van der Waals surface area contributed by atoms with Gasteiger partial charge in [-0.1, -0.05) is 0 Å². The Morgan fingerprint density at radius 1 is 1.26 bits per heavy atom. The largest absolute Gasteiger partial charge is 0.453 e. The molecule has 0 radical (unpaired) electrons. The zero-order chi connectivity index (χ0) is 21.8. The molecule has 0 spiro atoms. The first kappa shape index (κ1) is 20.9. The molecule has 1 aromatic heterocycles. The number of nitrogens with one attached hydrogen (secondary N) is 3. The number of ether oxygens (including phenoxy) is 2. The lowest BCUT2D eigenvalue weighted by Crippen LogP contribution is -2.18. The molecule has 0 bridgehead atoms. The van der Waals surface area contributed by atoms with Gasteiger partial charge in [-0.15, -0.1) is 0 Å². The summed E-state index contributed by atoms with van der Waals surface area (Å²) in [6, 6.07) is 10.9. The van der Waals surface area contributed by atoms with Crippen LogP contribution in [0.25, 0.3) is 11.0 Å². The number of methoxy groups -OCH3 is 1. The van der Waals surface area contributed by atoms with Crippen molar-refractivity contribution in [3.05, 3.63) is 42.5 Å². The third-order valence-corrected chi connectivity index (χ3v) is 6.03. The van der Waals surface area contributed by atoms with Crippen LogP contribution >= 0.6 is 0 Å². The van der Waals surface area contributed by atoms with Crippen LogP contribution in [0.1, 0.15) is 12.8 Å². The van der Waals surface area contributed by atoms with Gasteiger partial charge in [0.2, 0.25) is 5.95 Å². The summed E-state index contributed by atoms with van der Waals surface area (Å²) in [4.78, 5) is 18.3. The van der Waals surface area contributed by atoms with Crippen LogP contribution in [0.4, 0.5) is 16.4 Å². The molecule has 1 unspecified atom stereocenters. The number of nitrogens with zero attached hydrogens (tertiary/aromatic N) is 1. The summed E-state index contributed by atoms with van der Waals surface area (Å²) >= 11 is 0. The van der Waals surface area contributed by atoms with E-state index in [1.165, 1.54) is 31.4 Å². The first-order valence-electron chi connectivity index (χ1n) is 9.68. The van der Waals surface area contributed by atoms with Gasteiger partial charge >= 0.3 is 16.2 Å². The number of amides is 1. The van der Waals surface area contributed by atoms with Crippen molar-refractivity contribution in [1.29, 1.82) is 0 Å². The predicted molar refractivity (Wildman–Crippen MR) is 114 cm³/mol. The first-order chi connectivity index (χ1) is 14.9. The Hall–Kier alpha value is -3.31. The summed E-state index contributed by atoms with van der Waals surface area (Å²) in [5, 5.41) is 5.65. The first-order valence-corrected chi connectivity index (χ1v) is 11.1. The molecule has 4 rings (SSSR count). The van der Waals surface area contributed by atoms with Crippen molar-refractivity contribution in [2.45, 2.75) is 23.8 Å². The minimum absolute atomic E-state index is 0.0351. The zero-order valence-electron chi connectivity index (χ0n) is 16.8. The highest BCUT2D eigenvalue weighted by Crippen LogP contribution is 2.25. The monoisotopic (exact) mass is 446 g/mol. The highest BCUT2D eigenvalue weighted by Gasteiger charge is 2.18. The molecule has 2 heterocycles. The van der Waals surface area contributed by atoms with Crippen LogP contribution in [0.15, 0.2) is 47.4 Å².